The van der Waals surface area contributed by atoms with Crippen molar-refractivity contribution in [2.45, 2.75) is 25.4 Å². The Morgan fingerprint density at radius 3 is 2.76 bits per heavy atom. The molecule has 0 bridgehead atoms. The van der Waals surface area contributed by atoms with Gasteiger partial charge >= 0.3 is 5.97 Å². The minimum Gasteiger partial charge on any atom is -0.478 e. The fourth-order valence-electron chi connectivity index (χ4n) is 1.93. The molecule has 1 aromatic carbocycles. The Morgan fingerprint density at radius 2 is 2.18 bits per heavy atom. The molecular weight excluding hydrogens is 234 g/mol. The average molecular weight is 251 g/mol. The van der Waals surface area contributed by atoms with Crippen molar-refractivity contribution >= 4 is 17.7 Å². The molecule has 1 fully saturated rings. The Morgan fingerprint density at radius 1 is 1.41 bits per heavy atom. The Bertz CT molecular complexity index is 372. The van der Waals surface area contributed by atoms with E-state index in [1.807, 2.05) is 23.9 Å². The van der Waals surface area contributed by atoms with Crippen LogP contribution in [0.25, 0.3) is 0 Å². The monoisotopic (exact) mass is 251 g/mol. The summed E-state index contributed by atoms with van der Waals surface area (Å²) in [6, 6.07) is 7.69. The van der Waals surface area contributed by atoms with Gasteiger partial charge in [-0.2, -0.15) is 11.8 Å². The molecule has 1 aliphatic rings. The largest absolute Gasteiger partial charge is 0.478 e. The number of thioether (sulfide) groups is 1. The first-order valence-electron chi connectivity index (χ1n) is 5.89. The van der Waals surface area contributed by atoms with Crippen molar-refractivity contribution in [3.8, 4) is 0 Å². The molecule has 1 saturated heterocycles. The van der Waals surface area contributed by atoms with Crippen molar-refractivity contribution < 1.29 is 9.90 Å². The van der Waals surface area contributed by atoms with Crippen LogP contribution in [0.5, 0.6) is 0 Å². The molecule has 1 atom stereocenters. The smallest absolute Gasteiger partial charge is 0.335 e. The van der Waals surface area contributed by atoms with Gasteiger partial charge < -0.3 is 10.4 Å². The first-order valence-corrected chi connectivity index (χ1v) is 7.04. The highest BCUT2D eigenvalue weighted by atomic mass is 32.2. The Hall–Kier alpha value is -1.00. The quantitative estimate of drug-likeness (QED) is 0.862. The van der Waals surface area contributed by atoms with Gasteiger partial charge in [-0.05, 0) is 36.3 Å². The molecule has 2 rings (SSSR count). The van der Waals surface area contributed by atoms with Crippen molar-refractivity contribution in [3.63, 3.8) is 0 Å². The van der Waals surface area contributed by atoms with Crippen LogP contribution in [0.2, 0.25) is 0 Å². The van der Waals surface area contributed by atoms with Gasteiger partial charge in [0, 0.05) is 18.3 Å². The maximum atomic E-state index is 10.7. The summed E-state index contributed by atoms with van der Waals surface area (Å²) in [4.78, 5) is 10.7. The molecule has 0 spiro atoms. The molecule has 1 aliphatic heterocycles. The van der Waals surface area contributed by atoms with Gasteiger partial charge in [-0.25, -0.2) is 4.79 Å². The third kappa shape index (κ3) is 3.75. The minimum absolute atomic E-state index is 0.349. The van der Waals surface area contributed by atoms with Crippen LogP contribution in [0.3, 0.4) is 0 Å². The number of rotatable bonds is 4. The van der Waals surface area contributed by atoms with Crippen molar-refractivity contribution in [2.75, 3.05) is 11.5 Å². The van der Waals surface area contributed by atoms with E-state index in [4.69, 9.17) is 5.11 Å². The summed E-state index contributed by atoms with van der Waals surface area (Å²) < 4.78 is 0. The predicted octanol–water partition coefficient (Wildman–Crippen LogP) is 2.37. The van der Waals surface area contributed by atoms with Crippen molar-refractivity contribution in [2.24, 2.45) is 0 Å². The van der Waals surface area contributed by atoms with Crippen molar-refractivity contribution in [1.29, 1.82) is 0 Å². The Kier molecular flexibility index (Phi) is 4.45. The van der Waals surface area contributed by atoms with Crippen LogP contribution in [0.4, 0.5) is 0 Å². The van der Waals surface area contributed by atoms with E-state index in [0.717, 1.165) is 12.1 Å². The second kappa shape index (κ2) is 6.07. The van der Waals surface area contributed by atoms with Crippen LogP contribution < -0.4 is 5.32 Å². The van der Waals surface area contributed by atoms with Gasteiger partial charge in [-0.1, -0.05) is 12.1 Å². The molecule has 1 unspecified atom stereocenters. The fourth-order valence-corrected chi connectivity index (χ4v) is 3.04. The standard InChI is InChI=1S/C13H17NO2S/c15-13(16)11-5-3-10(4-6-11)8-14-12-2-1-7-17-9-12/h3-6,12,14H,1-2,7-9H2,(H,15,16). The zero-order valence-corrected chi connectivity index (χ0v) is 10.5. The van der Waals surface area contributed by atoms with Gasteiger partial charge in [0.25, 0.3) is 0 Å². The van der Waals surface area contributed by atoms with Crippen LogP contribution in [0.1, 0.15) is 28.8 Å². The third-order valence-electron chi connectivity index (χ3n) is 2.96. The topological polar surface area (TPSA) is 49.3 Å². The fraction of sp³-hybridized carbons (Fsp3) is 0.462. The number of aromatic carboxylic acids is 1. The second-order valence-electron chi connectivity index (χ2n) is 4.30. The lowest BCUT2D eigenvalue weighted by Crippen LogP contribution is -2.33. The first-order chi connectivity index (χ1) is 8.25. The highest BCUT2D eigenvalue weighted by Gasteiger charge is 2.12. The van der Waals surface area contributed by atoms with Gasteiger partial charge in [0.1, 0.15) is 0 Å². The zero-order chi connectivity index (χ0) is 12.1. The summed E-state index contributed by atoms with van der Waals surface area (Å²) in [5.74, 6) is 1.60. The molecule has 4 heteroatoms. The van der Waals surface area contributed by atoms with Crippen LogP contribution >= 0.6 is 11.8 Å². The number of carboxylic acid groups (broad SMARTS) is 1. The molecule has 3 nitrogen and oxygen atoms in total. The van der Waals surface area contributed by atoms with Crippen molar-refractivity contribution in [1.82, 2.24) is 5.32 Å². The van der Waals surface area contributed by atoms with Crippen LogP contribution in [0.15, 0.2) is 24.3 Å². The van der Waals surface area contributed by atoms with Gasteiger partial charge in [0.05, 0.1) is 5.56 Å². The van der Waals surface area contributed by atoms with E-state index in [-0.39, 0.29) is 0 Å². The molecule has 0 aliphatic carbocycles. The maximum absolute atomic E-state index is 10.7. The van der Waals surface area contributed by atoms with E-state index >= 15 is 0 Å². The van der Waals surface area contributed by atoms with E-state index in [1.165, 1.54) is 24.3 Å². The number of hydrogen-bond acceptors (Lipinski definition) is 3. The highest BCUT2D eigenvalue weighted by molar-refractivity contribution is 7.99. The summed E-state index contributed by atoms with van der Waals surface area (Å²) in [5, 5.41) is 12.3. The molecule has 92 valence electrons. The lowest BCUT2D eigenvalue weighted by molar-refractivity contribution is 0.0697. The first kappa shape index (κ1) is 12.5. The molecule has 0 amide bonds. The molecule has 0 aromatic heterocycles. The lowest BCUT2D eigenvalue weighted by Gasteiger charge is -2.22. The maximum Gasteiger partial charge on any atom is 0.335 e. The van der Waals surface area contributed by atoms with E-state index in [1.54, 1.807) is 12.1 Å². The Labute approximate surface area is 106 Å². The highest BCUT2D eigenvalue weighted by Crippen LogP contribution is 2.17. The molecule has 0 radical (unpaired) electrons. The second-order valence-corrected chi connectivity index (χ2v) is 5.45. The molecular formula is C13H17NO2S. The van der Waals surface area contributed by atoms with E-state index in [9.17, 15) is 4.79 Å². The number of carboxylic acids is 1. The van der Waals surface area contributed by atoms with Crippen LogP contribution in [0, 0.1) is 0 Å². The SMILES string of the molecule is O=C(O)c1ccc(CNC2CCCSC2)cc1. The van der Waals surface area contributed by atoms with E-state index in [2.05, 4.69) is 5.32 Å². The van der Waals surface area contributed by atoms with E-state index < -0.39 is 5.97 Å². The van der Waals surface area contributed by atoms with Crippen LogP contribution in [-0.2, 0) is 6.54 Å². The summed E-state index contributed by atoms with van der Waals surface area (Å²) in [6.07, 6.45) is 2.54. The minimum atomic E-state index is -0.867. The van der Waals surface area contributed by atoms with E-state index in [0.29, 0.717) is 11.6 Å². The molecule has 1 heterocycles. The summed E-state index contributed by atoms with van der Waals surface area (Å²) in [5.41, 5.74) is 1.49. The molecule has 0 saturated carbocycles. The van der Waals surface area contributed by atoms with Gasteiger partial charge in [0.2, 0.25) is 0 Å². The number of nitrogens with one attached hydrogen (secondary N) is 1. The summed E-state index contributed by atoms with van der Waals surface area (Å²) in [7, 11) is 0. The molecule has 17 heavy (non-hydrogen) atoms. The van der Waals surface area contributed by atoms with Gasteiger partial charge in [-0.15, -0.1) is 0 Å². The third-order valence-corrected chi connectivity index (χ3v) is 4.17. The lowest BCUT2D eigenvalue weighted by atomic mass is 10.1. The average Bonchev–Trinajstić information content (AvgIpc) is 2.38. The Balaban J connectivity index is 1.84. The number of hydrogen-bond donors (Lipinski definition) is 2. The van der Waals surface area contributed by atoms with Gasteiger partial charge in [0.15, 0.2) is 0 Å². The van der Waals surface area contributed by atoms with Crippen molar-refractivity contribution in [3.05, 3.63) is 35.4 Å². The molecule has 2 N–H and O–H groups in total. The van der Waals surface area contributed by atoms with Crippen LogP contribution in [-0.4, -0.2) is 28.6 Å². The molecule has 1 aromatic rings. The summed E-state index contributed by atoms with van der Waals surface area (Å²) in [6.45, 7) is 0.825. The number of carbonyl (C=O) groups is 1. The number of benzene rings is 1. The predicted molar refractivity (Wildman–Crippen MR) is 70.6 cm³/mol. The normalized spacial score (nSPS) is 20.1. The summed E-state index contributed by atoms with van der Waals surface area (Å²) >= 11 is 2.00. The van der Waals surface area contributed by atoms with Gasteiger partial charge in [-0.3, -0.25) is 0 Å². The zero-order valence-electron chi connectivity index (χ0n) is 9.69.